The van der Waals surface area contributed by atoms with Crippen LogP contribution in [-0.2, 0) is 28.1 Å². The number of anilines is 3. The van der Waals surface area contributed by atoms with Gasteiger partial charge < -0.3 is 13.9 Å². The molecule has 6 nitrogen and oxygen atoms in total. The summed E-state index contributed by atoms with van der Waals surface area (Å²) < 4.78 is 11.0. The van der Waals surface area contributed by atoms with Gasteiger partial charge in [-0.2, -0.15) is 6.07 Å². The molecule has 11 aromatic rings. The van der Waals surface area contributed by atoms with Crippen LogP contribution < -0.4 is 4.90 Å². The minimum absolute atomic E-state index is 0. The van der Waals surface area contributed by atoms with Gasteiger partial charge in [-0.05, 0) is 63.0 Å². The Morgan fingerprint density at radius 2 is 1.39 bits per heavy atom. The average Bonchev–Trinajstić information content (AvgIpc) is 3.92. The summed E-state index contributed by atoms with van der Waals surface area (Å²) in [4.78, 5) is 7.01. The Morgan fingerprint density at radius 3 is 2.20 bits per heavy atom. The van der Waals surface area contributed by atoms with Crippen molar-refractivity contribution in [3.8, 4) is 17.1 Å². The monoisotopic (exact) mass is 874 g/mol. The van der Waals surface area contributed by atoms with E-state index >= 15 is 0 Å². The molecule has 11 rings (SSSR count). The molecule has 0 aliphatic carbocycles. The molecule has 0 aliphatic heterocycles. The van der Waals surface area contributed by atoms with Crippen LogP contribution >= 0.6 is 0 Å². The van der Waals surface area contributed by atoms with Crippen molar-refractivity contribution in [3.63, 3.8) is 0 Å². The molecule has 0 saturated heterocycles. The van der Waals surface area contributed by atoms with Gasteiger partial charge in [0.25, 0.3) is 0 Å². The van der Waals surface area contributed by atoms with Crippen LogP contribution in [0.15, 0.2) is 162 Å². The second-order valence-corrected chi connectivity index (χ2v) is 13.4. The average molecular weight is 875 g/mol. The topological polar surface area (TPSA) is 52.0 Å². The molecule has 0 unspecified atom stereocenters. The quantitative estimate of drug-likeness (QED) is 0.162. The number of aromatic nitrogens is 4. The van der Waals surface area contributed by atoms with E-state index < -0.39 is 0 Å². The summed E-state index contributed by atoms with van der Waals surface area (Å²) in [7, 11) is 1.93. The summed E-state index contributed by atoms with van der Waals surface area (Å²) in [6.07, 6.45) is 3.79. The van der Waals surface area contributed by atoms with Gasteiger partial charge in [0.05, 0.1) is 5.69 Å². The van der Waals surface area contributed by atoms with Crippen LogP contribution in [0.5, 0.6) is 0 Å². The number of furan rings is 1. The summed E-state index contributed by atoms with van der Waals surface area (Å²) in [5.41, 5.74) is 7.96. The Kier molecular flexibility index (Phi) is 7.50. The van der Waals surface area contributed by atoms with Crippen molar-refractivity contribution in [2.45, 2.75) is 0 Å². The number of pyridine rings is 1. The van der Waals surface area contributed by atoms with E-state index in [1.54, 1.807) is 0 Å². The standard InChI is InChI=1S/C47H29N5O.Pt/c1-50-26-24-39(49-50)32-13-10-14-33(27-32)51(34-21-22-38-37-17-6-7-18-40(37)52(41(38)29-34)44-19-8-9-25-48-44)42-28-31-12-3-5-16-36(31)46-45-35-15-4-2-11-30(35)20-23-43(45)53-47(42)46;/h2-26,28H,1H3;/q-2;+2. The van der Waals surface area contributed by atoms with Gasteiger partial charge in [-0.1, -0.05) is 96.1 Å². The molecule has 7 aromatic carbocycles. The predicted octanol–water partition coefficient (Wildman–Crippen LogP) is 11.9. The zero-order chi connectivity index (χ0) is 35.0. The van der Waals surface area contributed by atoms with E-state index in [0.29, 0.717) is 0 Å². The molecule has 4 aromatic heterocycles. The fraction of sp³-hybridized carbons (Fsp3) is 0.0213. The number of para-hydroxylation sites is 1. The molecule has 0 N–H and O–H groups in total. The molecule has 0 amide bonds. The molecule has 258 valence electrons. The summed E-state index contributed by atoms with van der Waals surface area (Å²) in [5, 5.41) is 13.7. The van der Waals surface area contributed by atoms with E-state index in [-0.39, 0.29) is 21.1 Å². The van der Waals surface area contributed by atoms with Crippen molar-refractivity contribution in [2.75, 3.05) is 4.90 Å². The fourth-order valence-electron chi connectivity index (χ4n) is 7.96. The van der Waals surface area contributed by atoms with E-state index in [2.05, 4.69) is 143 Å². The van der Waals surface area contributed by atoms with Gasteiger partial charge in [-0.15, -0.1) is 47.3 Å². The minimum atomic E-state index is 0. The predicted molar refractivity (Wildman–Crippen MR) is 215 cm³/mol. The van der Waals surface area contributed by atoms with Crippen LogP contribution in [0.25, 0.3) is 82.4 Å². The molecule has 54 heavy (non-hydrogen) atoms. The number of fused-ring (bicyclic) bond motifs is 10. The maximum Gasteiger partial charge on any atom is 2.00 e. The Morgan fingerprint density at radius 1 is 0.630 bits per heavy atom. The van der Waals surface area contributed by atoms with Crippen molar-refractivity contribution in [2.24, 2.45) is 7.05 Å². The van der Waals surface area contributed by atoms with Crippen molar-refractivity contribution in [1.82, 2.24) is 19.3 Å². The van der Waals surface area contributed by atoms with Crippen LogP contribution in [0.3, 0.4) is 0 Å². The van der Waals surface area contributed by atoms with Crippen LogP contribution in [0, 0.1) is 12.1 Å². The largest absolute Gasteiger partial charge is 2.00 e. The summed E-state index contributed by atoms with van der Waals surface area (Å²) in [6, 6.07) is 58.3. The van der Waals surface area contributed by atoms with Gasteiger partial charge in [-0.3, -0.25) is 4.68 Å². The molecular formula is C47H29N5OPt. The first-order chi connectivity index (χ1) is 26.2. The molecule has 0 bridgehead atoms. The number of aryl methyl sites for hydroxylation is 1. The number of rotatable bonds is 5. The van der Waals surface area contributed by atoms with E-state index in [0.717, 1.165) is 94.0 Å². The van der Waals surface area contributed by atoms with Crippen molar-refractivity contribution in [1.29, 1.82) is 0 Å². The first-order valence-electron chi connectivity index (χ1n) is 17.6. The first kappa shape index (κ1) is 32.2. The van der Waals surface area contributed by atoms with Gasteiger partial charge in [0.15, 0.2) is 5.58 Å². The summed E-state index contributed by atoms with van der Waals surface area (Å²) in [5.74, 6) is 0.833. The second kappa shape index (κ2) is 12.6. The third-order valence-electron chi connectivity index (χ3n) is 10.3. The van der Waals surface area contributed by atoms with Crippen LogP contribution in [0.1, 0.15) is 0 Å². The van der Waals surface area contributed by atoms with Crippen molar-refractivity contribution >= 4 is 82.4 Å². The molecule has 7 heteroatoms. The molecule has 0 aliphatic rings. The molecule has 0 fully saturated rings. The third kappa shape index (κ3) is 4.91. The molecule has 0 radical (unpaired) electrons. The third-order valence-corrected chi connectivity index (χ3v) is 10.3. The van der Waals surface area contributed by atoms with Gasteiger partial charge in [0.2, 0.25) is 0 Å². The van der Waals surface area contributed by atoms with Crippen LogP contribution in [0.2, 0.25) is 0 Å². The number of hydrogen-bond acceptors (Lipinski definition) is 4. The minimum Gasteiger partial charge on any atom is -0.454 e. The Hall–Kier alpha value is -6.49. The van der Waals surface area contributed by atoms with E-state index in [1.807, 2.05) is 48.4 Å². The van der Waals surface area contributed by atoms with E-state index in [9.17, 15) is 0 Å². The molecule has 4 heterocycles. The fourth-order valence-corrected chi connectivity index (χ4v) is 7.96. The van der Waals surface area contributed by atoms with Gasteiger partial charge in [0, 0.05) is 41.4 Å². The molecule has 0 saturated carbocycles. The molecular weight excluding hydrogens is 846 g/mol. The maximum absolute atomic E-state index is 6.97. The van der Waals surface area contributed by atoms with Crippen LogP contribution in [0.4, 0.5) is 17.1 Å². The first-order valence-corrected chi connectivity index (χ1v) is 17.6. The summed E-state index contributed by atoms with van der Waals surface area (Å²) >= 11 is 0. The zero-order valence-electron chi connectivity index (χ0n) is 29.0. The van der Waals surface area contributed by atoms with Gasteiger partial charge in [0.1, 0.15) is 11.4 Å². The smallest absolute Gasteiger partial charge is 0.454 e. The van der Waals surface area contributed by atoms with E-state index in [4.69, 9.17) is 14.5 Å². The normalized spacial score (nSPS) is 11.6. The number of benzene rings is 7. The SMILES string of the molecule is Cn1ccc(-c2[c-]c(N(c3[c-]c4c(cc3)c3ccccc3n4-c3ccccn3)c3cc4ccccc4c4c3oc3ccc5ccccc5c34)ccc2)n1.[Pt+2]. The molecule has 0 atom stereocenters. The summed E-state index contributed by atoms with van der Waals surface area (Å²) in [6.45, 7) is 0. The van der Waals surface area contributed by atoms with Crippen LogP contribution in [-0.4, -0.2) is 19.3 Å². The maximum atomic E-state index is 6.97. The Labute approximate surface area is 324 Å². The number of hydrogen-bond donors (Lipinski definition) is 0. The van der Waals surface area contributed by atoms with Gasteiger partial charge in [-0.25, -0.2) is 10.1 Å². The van der Waals surface area contributed by atoms with Crippen molar-refractivity contribution < 1.29 is 25.5 Å². The number of nitrogens with zero attached hydrogens (tertiary/aromatic N) is 5. The molecule has 0 spiro atoms. The van der Waals surface area contributed by atoms with Crippen molar-refractivity contribution in [3.05, 3.63) is 170 Å². The Balaban J connectivity index is 0.00000361. The zero-order valence-corrected chi connectivity index (χ0v) is 31.2. The van der Waals surface area contributed by atoms with E-state index in [1.165, 1.54) is 5.39 Å². The van der Waals surface area contributed by atoms with Gasteiger partial charge >= 0.3 is 21.1 Å². The second-order valence-electron chi connectivity index (χ2n) is 13.4. The Bertz CT molecular complexity index is 3210.